The minimum absolute atomic E-state index is 0.248. The Morgan fingerprint density at radius 2 is 1.69 bits per heavy atom. The summed E-state index contributed by atoms with van der Waals surface area (Å²) in [7, 11) is 0. The first-order valence-corrected chi connectivity index (χ1v) is 4.68. The second kappa shape index (κ2) is 3.88. The zero-order valence-corrected chi connectivity index (χ0v) is 9.20. The number of hydrogen-bond donors (Lipinski definition) is 0. The van der Waals surface area contributed by atoms with E-state index in [4.69, 9.17) is 0 Å². The Hall–Kier alpha value is -0.230. The van der Waals surface area contributed by atoms with Crippen molar-refractivity contribution in [1.82, 2.24) is 0 Å². The zero-order valence-electron chi connectivity index (χ0n) is 6.03. The van der Waals surface area contributed by atoms with Gasteiger partial charge >= 0.3 is 6.36 Å². The molecule has 0 saturated carbocycles. The van der Waals surface area contributed by atoms with Crippen LogP contribution in [0.3, 0.4) is 0 Å². The fourth-order valence-corrected chi connectivity index (χ4v) is 1.28. The number of alkyl halides is 3. The van der Waals surface area contributed by atoms with E-state index in [1.165, 1.54) is 18.2 Å². The summed E-state index contributed by atoms with van der Waals surface area (Å²) in [5.41, 5.74) is 0. The van der Waals surface area contributed by atoms with Crippen LogP contribution in [0, 0.1) is 0 Å². The molecule has 0 fully saturated rings. The molecule has 0 atom stereocenters. The summed E-state index contributed by atoms with van der Waals surface area (Å²) >= 11 is 6.18. The van der Waals surface area contributed by atoms with Crippen molar-refractivity contribution in [3.05, 3.63) is 27.1 Å². The third kappa shape index (κ3) is 3.56. The Morgan fingerprint density at radius 3 is 2.15 bits per heavy atom. The van der Waals surface area contributed by atoms with E-state index in [0.29, 0.717) is 8.95 Å². The smallest absolute Gasteiger partial charge is 0.406 e. The maximum Gasteiger partial charge on any atom is 0.573 e. The predicted molar refractivity (Wildman–Crippen MR) is 48.5 cm³/mol. The summed E-state index contributed by atoms with van der Waals surface area (Å²) in [6.45, 7) is 0. The lowest BCUT2D eigenvalue weighted by Gasteiger charge is -2.08. The lowest BCUT2D eigenvalue weighted by molar-refractivity contribution is -0.274. The van der Waals surface area contributed by atoms with E-state index < -0.39 is 6.36 Å². The molecule has 0 N–H and O–H groups in total. The predicted octanol–water partition coefficient (Wildman–Crippen LogP) is 4.11. The SMILES string of the molecule is FC(F)(F)Oc1ccc(Br)c(Br)c1. The molecule has 1 aromatic rings. The maximum atomic E-state index is 11.7. The summed E-state index contributed by atoms with van der Waals surface area (Å²) in [5.74, 6) is -0.248. The molecule has 13 heavy (non-hydrogen) atoms. The van der Waals surface area contributed by atoms with Crippen LogP contribution >= 0.6 is 31.9 Å². The average Bonchev–Trinajstić information content (AvgIpc) is 1.94. The highest BCUT2D eigenvalue weighted by Crippen LogP contribution is 2.30. The molecular formula is C7H3Br2F3O. The van der Waals surface area contributed by atoms with E-state index in [0.717, 1.165) is 0 Å². The molecule has 0 radical (unpaired) electrons. The minimum Gasteiger partial charge on any atom is -0.406 e. The van der Waals surface area contributed by atoms with Gasteiger partial charge in [0, 0.05) is 8.95 Å². The van der Waals surface area contributed by atoms with Crippen molar-refractivity contribution in [2.45, 2.75) is 6.36 Å². The van der Waals surface area contributed by atoms with Crippen molar-refractivity contribution in [3.63, 3.8) is 0 Å². The summed E-state index contributed by atoms with van der Waals surface area (Å²) in [5, 5.41) is 0. The summed E-state index contributed by atoms with van der Waals surface area (Å²) in [6, 6.07) is 3.92. The highest BCUT2D eigenvalue weighted by molar-refractivity contribution is 9.13. The van der Waals surface area contributed by atoms with Crippen LogP contribution in [-0.2, 0) is 0 Å². The van der Waals surface area contributed by atoms with Gasteiger partial charge in [0.25, 0.3) is 0 Å². The van der Waals surface area contributed by atoms with Crippen LogP contribution in [0.1, 0.15) is 0 Å². The molecule has 0 unspecified atom stereocenters. The van der Waals surface area contributed by atoms with Crippen LogP contribution in [0.25, 0.3) is 0 Å². The Balaban J connectivity index is 2.86. The monoisotopic (exact) mass is 318 g/mol. The summed E-state index contributed by atoms with van der Waals surface area (Å²) < 4.78 is 40.0. The molecular weight excluding hydrogens is 317 g/mol. The minimum atomic E-state index is -4.65. The molecule has 0 aliphatic heterocycles. The van der Waals surface area contributed by atoms with Crippen molar-refractivity contribution in [3.8, 4) is 5.75 Å². The van der Waals surface area contributed by atoms with Crippen LogP contribution in [0.4, 0.5) is 13.2 Å². The number of rotatable bonds is 1. The Kier molecular flexibility index (Phi) is 3.23. The first-order chi connectivity index (χ1) is 5.88. The summed E-state index contributed by atoms with van der Waals surface area (Å²) in [4.78, 5) is 0. The van der Waals surface area contributed by atoms with Gasteiger partial charge in [-0.25, -0.2) is 0 Å². The first kappa shape index (κ1) is 10.8. The van der Waals surface area contributed by atoms with Crippen molar-refractivity contribution >= 4 is 31.9 Å². The van der Waals surface area contributed by atoms with E-state index in [1.807, 2.05) is 0 Å². The van der Waals surface area contributed by atoms with Crippen molar-refractivity contribution < 1.29 is 17.9 Å². The number of benzene rings is 1. The van der Waals surface area contributed by atoms with Gasteiger partial charge in [-0.05, 0) is 50.1 Å². The van der Waals surface area contributed by atoms with Gasteiger partial charge in [0.15, 0.2) is 0 Å². The molecule has 1 rings (SSSR count). The second-order valence-electron chi connectivity index (χ2n) is 2.12. The highest BCUT2D eigenvalue weighted by Gasteiger charge is 2.31. The van der Waals surface area contributed by atoms with E-state index in [-0.39, 0.29) is 5.75 Å². The van der Waals surface area contributed by atoms with Gasteiger partial charge in [-0.2, -0.15) is 0 Å². The normalized spacial score (nSPS) is 11.5. The molecule has 0 saturated heterocycles. The van der Waals surface area contributed by atoms with Crippen molar-refractivity contribution in [2.24, 2.45) is 0 Å². The van der Waals surface area contributed by atoms with Crippen molar-refractivity contribution in [2.75, 3.05) is 0 Å². The molecule has 0 heterocycles. The van der Waals surface area contributed by atoms with E-state index >= 15 is 0 Å². The third-order valence-electron chi connectivity index (χ3n) is 1.12. The van der Waals surface area contributed by atoms with Crippen LogP contribution in [0.15, 0.2) is 27.1 Å². The van der Waals surface area contributed by atoms with Gasteiger partial charge in [0.1, 0.15) is 5.75 Å². The fraction of sp³-hybridized carbons (Fsp3) is 0.143. The van der Waals surface area contributed by atoms with E-state index in [2.05, 4.69) is 36.6 Å². The average molecular weight is 320 g/mol. The second-order valence-corrected chi connectivity index (χ2v) is 3.83. The van der Waals surface area contributed by atoms with Gasteiger partial charge in [-0.1, -0.05) is 0 Å². The van der Waals surface area contributed by atoms with E-state index in [1.54, 1.807) is 0 Å². The van der Waals surface area contributed by atoms with Gasteiger partial charge in [0.05, 0.1) is 0 Å². The van der Waals surface area contributed by atoms with Gasteiger partial charge in [-0.15, -0.1) is 13.2 Å². The molecule has 1 nitrogen and oxygen atoms in total. The summed E-state index contributed by atoms with van der Waals surface area (Å²) in [6.07, 6.45) is -4.65. The quantitative estimate of drug-likeness (QED) is 0.757. The fourth-order valence-electron chi connectivity index (χ4n) is 0.674. The largest absolute Gasteiger partial charge is 0.573 e. The number of ether oxygens (including phenoxy) is 1. The van der Waals surface area contributed by atoms with Crippen LogP contribution in [-0.4, -0.2) is 6.36 Å². The zero-order chi connectivity index (χ0) is 10.1. The topological polar surface area (TPSA) is 9.23 Å². The lowest BCUT2D eigenvalue weighted by atomic mass is 10.3. The number of halogens is 5. The highest BCUT2D eigenvalue weighted by atomic mass is 79.9. The Labute approximate surface area is 89.1 Å². The molecule has 0 aliphatic carbocycles. The standard InChI is InChI=1S/C7H3Br2F3O/c8-5-2-1-4(3-6(5)9)13-7(10,11)12/h1-3H. The van der Waals surface area contributed by atoms with Crippen LogP contribution in [0.2, 0.25) is 0 Å². The molecule has 0 spiro atoms. The molecule has 0 aliphatic rings. The van der Waals surface area contributed by atoms with Crippen LogP contribution in [0.5, 0.6) is 5.75 Å². The third-order valence-corrected chi connectivity index (χ3v) is 3.00. The molecule has 6 heteroatoms. The molecule has 0 aromatic heterocycles. The first-order valence-electron chi connectivity index (χ1n) is 3.09. The Morgan fingerprint density at radius 1 is 1.08 bits per heavy atom. The van der Waals surface area contributed by atoms with Gasteiger partial charge in [-0.3, -0.25) is 0 Å². The van der Waals surface area contributed by atoms with Crippen LogP contribution < -0.4 is 4.74 Å². The Bertz CT molecular complexity index is 311. The lowest BCUT2D eigenvalue weighted by Crippen LogP contribution is -2.17. The van der Waals surface area contributed by atoms with Crippen molar-refractivity contribution in [1.29, 1.82) is 0 Å². The molecule has 0 bridgehead atoms. The van der Waals surface area contributed by atoms with E-state index in [9.17, 15) is 13.2 Å². The maximum absolute atomic E-state index is 11.7. The van der Waals surface area contributed by atoms with Gasteiger partial charge in [0.2, 0.25) is 0 Å². The van der Waals surface area contributed by atoms with Gasteiger partial charge < -0.3 is 4.74 Å². The molecule has 0 amide bonds. The molecule has 72 valence electrons. The molecule has 1 aromatic carbocycles. The number of hydrogen-bond acceptors (Lipinski definition) is 1.